The molecule has 0 fully saturated rings. The Bertz CT molecular complexity index is 271. The molecule has 1 aromatic rings. The van der Waals surface area contributed by atoms with Crippen molar-refractivity contribution in [3.05, 3.63) is 29.8 Å². The summed E-state index contributed by atoms with van der Waals surface area (Å²) in [6.07, 6.45) is 0. The van der Waals surface area contributed by atoms with E-state index in [-0.39, 0.29) is 57.1 Å². The van der Waals surface area contributed by atoms with Gasteiger partial charge in [0.15, 0.2) is 0 Å². The Labute approximate surface area is 125 Å². The number of carbonyl (C=O) groups is 1. The number of carboxylic acids is 1. The van der Waals surface area contributed by atoms with Crippen molar-refractivity contribution in [1.29, 1.82) is 0 Å². The van der Waals surface area contributed by atoms with Crippen LogP contribution in [0.3, 0.4) is 0 Å². The van der Waals surface area contributed by atoms with Gasteiger partial charge in [0, 0.05) is 10.6 Å². The standard InChI is InChI=1S/C9H10O2S.K/c1-7-2-4-8(5-3-7)12-6-9(10)11;/h2-5H,6H2,1H3,(H,10,11);/q;+1/p-1. The van der Waals surface area contributed by atoms with Crippen molar-refractivity contribution in [3.8, 4) is 0 Å². The molecule has 4 heteroatoms. The van der Waals surface area contributed by atoms with Crippen molar-refractivity contribution >= 4 is 17.7 Å². The van der Waals surface area contributed by atoms with Crippen molar-refractivity contribution in [2.45, 2.75) is 11.8 Å². The number of hydrogen-bond donors (Lipinski definition) is 0. The SMILES string of the molecule is Cc1ccc(SCC(=O)[O-])cc1.[K+]. The Balaban J connectivity index is 0.00000144. The van der Waals surface area contributed by atoms with Gasteiger partial charge in [-0.2, -0.15) is 0 Å². The van der Waals surface area contributed by atoms with Gasteiger partial charge in [0.2, 0.25) is 0 Å². The fourth-order valence-corrected chi connectivity index (χ4v) is 1.39. The summed E-state index contributed by atoms with van der Waals surface area (Å²) in [5, 5.41) is 10.1. The van der Waals surface area contributed by atoms with E-state index in [4.69, 9.17) is 0 Å². The number of thioether (sulfide) groups is 1. The first kappa shape index (κ1) is 13.7. The van der Waals surface area contributed by atoms with Crippen LogP contribution in [-0.2, 0) is 4.79 Å². The van der Waals surface area contributed by atoms with E-state index >= 15 is 0 Å². The molecule has 0 heterocycles. The van der Waals surface area contributed by atoms with Gasteiger partial charge in [-0.3, -0.25) is 0 Å². The molecule has 0 aromatic heterocycles. The first-order chi connectivity index (χ1) is 5.68. The normalized spacial score (nSPS) is 9.00. The molecule has 0 spiro atoms. The van der Waals surface area contributed by atoms with Crippen LogP contribution in [0.1, 0.15) is 5.56 Å². The fourth-order valence-electron chi connectivity index (χ4n) is 0.777. The number of hydrogen-bond acceptors (Lipinski definition) is 3. The van der Waals surface area contributed by atoms with Crippen molar-refractivity contribution in [3.63, 3.8) is 0 Å². The molecule has 64 valence electrons. The second kappa shape index (κ2) is 7.03. The summed E-state index contributed by atoms with van der Waals surface area (Å²) in [6.45, 7) is 1.99. The molecule has 0 saturated carbocycles. The van der Waals surface area contributed by atoms with Crippen LogP contribution in [0, 0.1) is 6.92 Å². The number of carbonyl (C=O) groups excluding carboxylic acids is 1. The molecule has 0 N–H and O–H groups in total. The summed E-state index contributed by atoms with van der Waals surface area (Å²) < 4.78 is 0. The summed E-state index contributed by atoms with van der Waals surface area (Å²) in [5.74, 6) is -1.01. The number of benzene rings is 1. The van der Waals surface area contributed by atoms with E-state index in [9.17, 15) is 9.90 Å². The van der Waals surface area contributed by atoms with Gasteiger partial charge in [-0.05, 0) is 19.1 Å². The van der Waals surface area contributed by atoms with E-state index in [1.165, 1.54) is 17.3 Å². The monoisotopic (exact) mass is 220 g/mol. The van der Waals surface area contributed by atoms with Crippen molar-refractivity contribution < 1.29 is 61.3 Å². The topological polar surface area (TPSA) is 40.1 Å². The van der Waals surface area contributed by atoms with E-state index in [1.807, 2.05) is 31.2 Å². The molecule has 0 bridgehead atoms. The van der Waals surface area contributed by atoms with Gasteiger partial charge in [-0.1, -0.05) is 17.7 Å². The molecule has 1 rings (SSSR count). The van der Waals surface area contributed by atoms with Gasteiger partial charge in [0.05, 0.1) is 5.97 Å². The average Bonchev–Trinajstić information content (AvgIpc) is 2.03. The van der Waals surface area contributed by atoms with Crippen molar-refractivity contribution in [1.82, 2.24) is 0 Å². The van der Waals surface area contributed by atoms with Gasteiger partial charge in [0.25, 0.3) is 0 Å². The van der Waals surface area contributed by atoms with Crippen LogP contribution in [-0.4, -0.2) is 11.7 Å². The quantitative estimate of drug-likeness (QED) is 0.430. The number of aryl methyl sites for hydroxylation is 1. The van der Waals surface area contributed by atoms with Crippen molar-refractivity contribution in [2.24, 2.45) is 0 Å². The molecule has 2 nitrogen and oxygen atoms in total. The molecule has 0 atom stereocenters. The van der Waals surface area contributed by atoms with E-state index in [1.54, 1.807) is 0 Å². The van der Waals surface area contributed by atoms with Gasteiger partial charge >= 0.3 is 51.4 Å². The maximum atomic E-state index is 10.1. The van der Waals surface area contributed by atoms with E-state index in [0.29, 0.717) is 0 Å². The predicted octanol–water partition coefficient (Wildman–Crippen LogP) is -2.16. The van der Waals surface area contributed by atoms with Crippen LogP contribution in [0.2, 0.25) is 0 Å². The van der Waals surface area contributed by atoms with Crippen LogP contribution < -0.4 is 56.5 Å². The first-order valence-corrected chi connectivity index (χ1v) is 4.56. The van der Waals surface area contributed by atoms with Gasteiger partial charge in [-0.15, -0.1) is 11.8 Å². The Morgan fingerprint density at radius 2 is 1.92 bits per heavy atom. The third kappa shape index (κ3) is 5.88. The van der Waals surface area contributed by atoms with E-state index < -0.39 is 5.97 Å². The summed E-state index contributed by atoms with van der Waals surface area (Å²) in [7, 11) is 0. The molecule has 0 radical (unpaired) electrons. The van der Waals surface area contributed by atoms with Crippen LogP contribution in [0.5, 0.6) is 0 Å². The Kier molecular flexibility index (Phi) is 7.40. The van der Waals surface area contributed by atoms with Crippen LogP contribution in [0.25, 0.3) is 0 Å². The van der Waals surface area contributed by atoms with Crippen LogP contribution in [0.4, 0.5) is 0 Å². The molecular weight excluding hydrogens is 211 g/mol. The minimum absolute atomic E-state index is 0. The summed E-state index contributed by atoms with van der Waals surface area (Å²) in [4.78, 5) is 11.1. The smallest absolute Gasteiger partial charge is 0.549 e. The van der Waals surface area contributed by atoms with Gasteiger partial charge in [-0.25, -0.2) is 0 Å². The molecular formula is C9H9KO2S. The molecule has 0 aliphatic heterocycles. The Morgan fingerprint density at radius 3 is 2.38 bits per heavy atom. The second-order valence-corrected chi connectivity index (χ2v) is 3.52. The minimum Gasteiger partial charge on any atom is -0.549 e. The number of carboxylic acid groups (broad SMARTS) is 1. The average molecular weight is 220 g/mol. The maximum Gasteiger partial charge on any atom is 1.00 e. The van der Waals surface area contributed by atoms with Crippen molar-refractivity contribution in [2.75, 3.05) is 5.75 Å². The molecule has 0 aliphatic carbocycles. The van der Waals surface area contributed by atoms with Gasteiger partial charge < -0.3 is 9.90 Å². The molecule has 0 saturated heterocycles. The second-order valence-electron chi connectivity index (χ2n) is 2.47. The third-order valence-corrected chi connectivity index (χ3v) is 2.36. The minimum atomic E-state index is -1.03. The fraction of sp³-hybridized carbons (Fsp3) is 0.222. The number of rotatable bonds is 3. The Morgan fingerprint density at radius 1 is 1.38 bits per heavy atom. The summed E-state index contributed by atoms with van der Waals surface area (Å²) in [5.41, 5.74) is 1.17. The zero-order valence-corrected chi connectivity index (χ0v) is 11.7. The number of aliphatic carboxylic acids is 1. The molecule has 0 amide bonds. The van der Waals surface area contributed by atoms with E-state index in [0.717, 1.165) is 4.90 Å². The molecule has 0 aliphatic rings. The predicted molar refractivity (Wildman–Crippen MR) is 46.9 cm³/mol. The van der Waals surface area contributed by atoms with E-state index in [2.05, 4.69) is 0 Å². The summed E-state index contributed by atoms with van der Waals surface area (Å²) >= 11 is 1.28. The van der Waals surface area contributed by atoms with Crippen LogP contribution in [0.15, 0.2) is 29.2 Å². The largest absolute Gasteiger partial charge is 1.00 e. The third-order valence-electron chi connectivity index (χ3n) is 1.38. The molecule has 1 aromatic carbocycles. The molecule has 0 unspecified atom stereocenters. The Hall–Kier alpha value is 0.676. The zero-order chi connectivity index (χ0) is 8.97. The zero-order valence-electron chi connectivity index (χ0n) is 7.74. The molecule has 13 heavy (non-hydrogen) atoms. The summed E-state index contributed by atoms with van der Waals surface area (Å²) in [6, 6.07) is 7.72. The van der Waals surface area contributed by atoms with Crippen LogP contribution >= 0.6 is 11.8 Å². The maximum absolute atomic E-state index is 10.1. The van der Waals surface area contributed by atoms with Gasteiger partial charge in [0.1, 0.15) is 0 Å². The first-order valence-electron chi connectivity index (χ1n) is 3.58.